The number of methoxy groups -OCH3 is 2. The van der Waals surface area contributed by atoms with Crippen molar-refractivity contribution in [3.8, 4) is 0 Å². The Morgan fingerprint density at radius 1 is 1.08 bits per heavy atom. The van der Waals surface area contributed by atoms with Crippen LogP contribution in [-0.2, 0) is 28.5 Å². The van der Waals surface area contributed by atoms with Crippen LogP contribution in [0.3, 0.4) is 0 Å². The van der Waals surface area contributed by atoms with Gasteiger partial charge in [0.25, 0.3) is 6.34 Å². The molecule has 12 heteroatoms. The van der Waals surface area contributed by atoms with E-state index in [1.165, 1.54) is 20.4 Å². The number of amides is 3. The summed E-state index contributed by atoms with van der Waals surface area (Å²) in [6.07, 6.45) is 2.92. The highest BCUT2D eigenvalue weighted by atomic mass is 16.6. The van der Waals surface area contributed by atoms with Crippen LogP contribution in [0, 0.1) is 5.92 Å². The highest BCUT2D eigenvalue weighted by Crippen LogP contribution is 2.34. The molecule has 0 saturated carbocycles. The van der Waals surface area contributed by atoms with Crippen molar-refractivity contribution < 1.29 is 43.1 Å². The Labute approximate surface area is 231 Å². The Balaban J connectivity index is 3.49. The molecule has 0 aromatic carbocycles. The van der Waals surface area contributed by atoms with E-state index in [0.717, 1.165) is 11.4 Å². The third-order valence-electron chi connectivity index (χ3n) is 5.98. The molecule has 39 heavy (non-hydrogen) atoms. The molecule has 0 bridgehead atoms. The maximum absolute atomic E-state index is 12.9. The van der Waals surface area contributed by atoms with Gasteiger partial charge in [0.2, 0.25) is 5.91 Å². The predicted octanol–water partition coefficient (Wildman–Crippen LogP) is 1.97. The van der Waals surface area contributed by atoms with Crippen LogP contribution in [0.1, 0.15) is 81.6 Å². The molecule has 0 aromatic heterocycles. The van der Waals surface area contributed by atoms with Crippen LogP contribution < -0.4 is 15.7 Å². The van der Waals surface area contributed by atoms with E-state index in [0.29, 0.717) is 12.0 Å². The number of hydrogen-bond donors (Lipinski definition) is 3. The second kappa shape index (κ2) is 13.8. The number of hydrazine groups is 1. The first-order chi connectivity index (χ1) is 17.9. The minimum absolute atomic E-state index is 0.227. The minimum atomic E-state index is -0.867. The lowest BCUT2D eigenvalue weighted by molar-refractivity contribution is -0.510. The number of rotatable bonds is 9. The topological polar surface area (TPSA) is 146 Å². The Bertz CT molecular complexity index is 950. The first-order valence-electron chi connectivity index (χ1n) is 13.1. The number of hydrogen-bond acceptors (Lipinski definition) is 8. The van der Waals surface area contributed by atoms with E-state index in [1.54, 1.807) is 54.7 Å². The molecule has 3 amide bonds. The van der Waals surface area contributed by atoms with E-state index in [9.17, 15) is 19.2 Å². The van der Waals surface area contributed by atoms with Crippen molar-refractivity contribution in [2.75, 3.05) is 14.2 Å². The van der Waals surface area contributed by atoms with Gasteiger partial charge in [-0.05, 0) is 54.9 Å². The number of esters is 1. The van der Waals surface area contributed by atoms with Crippen LogP contribution in [0.2, 0.25) is 0 Å². The SMILES string of the molecule is CCC[C@](C)(OC)[C@H](NC(C)=O)[C@@H]1C=C(C(=O)OC)C[C@H]1[NH+]=CN(NC(=O)OC(C)(C)C)C(=O)OC(C)(C)C. The van der Waals surface area contributed by atoms with Crippen molar-refractivity contribution in [2.45, 2.75) is 110 Å². The molecule has 222 valence electrons. The lowest BCUT2D eigenvalue weighted by atomic mass is 9.80. The van der Waals surface area contributed by atoms with Crippen molar-refractivity contribution in [1.29, 1.82) is 0 Å². The summed E-state index contributed by atoms with van der Waals surface area (Å²) < 4.78 is 21.6. The molecule has 1 aliphatic carbocycles. The number of carbonyl (C=O) groups is 4. The molecule has 4 atom stereocenters. The summed E-state index contributed by atoms with van der Waals surface area (Å²) in [6.45, 7) is 15.5. The fourth-order valence-electron chi connectivity index (χ4n) is 4.34. The van der Waals surface area contributed by atoms with E-state index >= 15 is 0 Å². The maximum atomic E-state index is 12.9. The van der Waals surface area contributed by atoms with Gasteiger partial charge in [-0.1, -0.05) is 24.4 Å². The summed E-state index contributed by atoms with van der Waals surface area (Å²) in [5.74, 6) is -1.21. The zero-order valence-electron chi connectivity index (χ0n) is 25.2. The van der Waals surface area contributed by atoms with Crippen LogP contribution >= 0.6 is 0 Å². The summed E-state index contributed by atoms with van der Waals surface area (Å²) in [6, 6.07) is -1.03. The molecule has 12 nitrogen and oxygen atoms in total. The van der Waals surface area contributed by atoms with Crippen molar-refractivity contribution in [3.05, 3.63) is 11.6 Å². The van der Waals surface area contributed by atoms with Crippen molar-refractivity contribution in [2.24, 2.45) is 5.92 Å². The molecule has 3 N–H and O–H groups in total. The van der Waals surface area contributed by atoms with E-state index in [1.807, 2.05) is 13.8 Å². The van der Waals surface area contributed by atoms with Gasteiger partial charge in [0, 0.05) is 31.9 Å². The zero-order valence-corrected chi connectivity index (χ0v) is 25.2. The van der Waals surface area contributed by atoms with Crippen LogP contribution in [0.5, 0.6) is 0 Å². The molecule has 0 radical (unpaired) electrons. The molecule has 0 aliphatic heterocycles. The lowest BCUT2D eigenvalue weighted by Crippen LogP contribution is -2.82. The van der Waals surface area contributed by atoms with Gasteiger partial charge >= 0.3 is 18.2 Å². The second-order valence-electron chi connectivity index (χ2n) is 11.8. The first kappa shape index (κ1) is 33.9. The van der Waals surface area contributed by atoms with E-state index < -0.39 is 53.0 Å². The summed E-state index contributed by atoms with van der Waals surface area (Å²) in [7, 11) is 2.87. The van der Waals surface area contributed by atoms with Crippen LogP contribution in [0.25, 0.3) is 0 Å². The van der Waals surface area contributed by atoms with Crippen LogP contribution in [0.4, 0.5) is 9.59 Å². The largest absolute Gasteiger partial charge is 0.531 e. The molecule has 0 aromatic rings. The summed E-state index contributed by atoms with van der Waals surface area (Å²) >= 11 is 0. The molecule has 0 saturated heterocycles. The second-order valence-corrected chi connectivity index (χ2v) is 11.8. The molecule has 1 rings (SSSR count). The normalized spacial score (nSPS) is 19.9. The Morgan fingerprint density at radius 2 is 1.67 bits per heavy atom. The molecular weight excluding hydrogens is 508 g/mol. The number of ether oxygens (including phenoxy) is 4. The fraction of sp³-hybridized carbons (Fsp3) is 0.741. The summed E-state index contributed by atoms with van der Waals surface area (Å²) in [5.41, 5.74) is 0.368. The highest BCUT2D eigenvalue weighted by molar-refractivity contribution is 5.89. The lowest BCUT2D eigenvalue weighted by Gasteiger charge is -2.40. The maximum Gasteiger partial charge on any atom is 0.531 e. The third kappa shape index (κ3) is 10.9. The quantitative estimate of drug-likeness (QED) is 0.129. The van der Waals surface area contributed by atoms with Crippen molar-refractivity contribution in [3.63, 3.8) is 0 Å². The fourth-order valence-corrected chi connectivity index (χ4v) is 4.34. The molecule has 0 fully saturated rings. The van der Waals surface area contributed by atoms with Gasteiger partial charge in [-0.25, -0.2) is 9.59 Å². The molecular formula is C27H47N4O8+. The average Bonchev–Trinajstić information content (AvgIpc) is 3.20. The number of nitrogens with zero attached hydrogens (tertiary/aromatic N) is 1. The predicted molar refractivity (Wildman–Crippen MR) is 144 cm³/mol. The number of nitrogens with one attached hydrogen (secondary N) is 3. The zero-order chi connectivity index (χ0) is 30.2. The highest BCUT2D eigenvalue weighted by Gasteiger charge is 2.46. The van der Waals surface area contributed by atoms with Gasteiger partial charge in [-0.15, -0.1) is 5.43 Å². The number of carbonyl (C=O) groups excluding carboxylic acids is 4. The minimum Gasteiger partial charge on any atom is -0.466 e. The Kier molecular flexibility index (Phi) is 12.0. The van der Waals surface area contributed by atoms with E-state index in [2.05, 4.69) is 15.7 Å². The standard InChI is InChI=1S/C27H46N4O8/c1-12-13-27(9,37-11)21(29-17(2)32)19-14-18(22(33)36-10)15-20(19)28-16-31(24(35)39-26(6,7)8)30-23(34)38-25(3,4)5/h14,16,19-21H,12-13,15H2,1-11H3,(H,29,32)(H,30,34)/p+1/t19-,20-,21-,27+/m1/s1. The average molecular weight is 556 g/mol. The molecule has 0 spiro atoms. The Morgan fingerprint density at radius 3 is 2.13 bits per heavy atom. The summed E-state index contributed by atoms with van der Waals surface area (Å²) in [5, 5.41) is 3.84. The third-order valence-corrected chi connectivity index (χ3v) is 5.98. The van der Waals surface area contributed by atoms with Gasteiger partial charge in [0.1, 0.15) is 17.2 Å². The van der Waals surface area contributed by atoms with Gasteiger partial charge < -0.3 is 24.3 Å². The smallest absolute Gasteiger partial charge is 0.466 e. The van der Waals surface area contributed by atoms with Gasteiger partial charge in [-0.2, -0.15) is 4.79 Å². The van der Waals surface area contributed by atoms with Gasteiger partial charge in [0.05, 0.1) is 18.8 Å². The molecule has 0 unspecified atom stereocenters. The Hall–Kier alpha value is -3.15. The van der Waals surface area contributed by atoms with Crippen LogP contribution in [0.15, 0.2) is 11.6 Å². The first-order valence-corrected chi connectivity index (χ1v) is 13.1. The van der Waals surface area contributed by atoms with E-state index in [4.69, 9.17) is 18.9 Å². The van der Waals surface area contributed by atoms with Crippen LogP contribution in [-0.4, -0.2) is 78.5 Å². The summed E-state index contributed by atoms with van der Waals surface area (Å²) in [4.78, 5) is 53.3. The van der Waals surface area contributed by atoms with Gasteiger partial charge in [-0.3, -0.25) is 9.79 Å². The molecule has 0 heterocycles. The van der Waals surface area contributed by atoms with Crippen molar-refractivity contribution in [1.82, 2.24) is 15.8 Å². The van der Waals surface area contributed by atoms with Gasteiger partial charge in [0.15, 0.2) is 0 Å². The monoisotopic (exact) mass is 555 g/mol. The van der Waals surface area contributed by atoms with E-state index in [-0.39, 0.29) is 12.3 Å². The van der Waals surface area contributed by atoms with Crippen molar-refractivity contribution >= 4 is 30.4 Å². The molecule has 1 aliphatic rings.